The van der Waals surface area contributed by atoms with Crippen molar-refractivity contribution in [1.82, 2.24) is 0 Å². The lowest BCUT2D eigenvalue weighted by atomic mass is 9.62. The van der Waals surface area contributed by atoms with Crippen molar-refractivity contribution in [2.75, 3.05) is 9.80 Å². The molecule has 0 atom stereocenters. The van der Waals surface area contributed by atoms with Crippen LogP contribution in [-0.4, -0.2) is 0 Å². The second kappa shape index (κ2) is 13.7. The summed E-state index contributed by atoms with van der Waals surface area (Å²) in [5.41, 5.74) is 14.7. The van der Waals surface area contributed by atoms with Crippen LogP contribution >= 0.6 is 0 Å². The van der Waals surface area contributed by atoms with Crippen molar-refractivity contribution >= 4 is 34.1 Å². The summed E-state index contributed by atoms with van der Waals surface area (Å²) in [6.07, 6.45) is 2.32. The normalized spacial score (nSPS) is 14.3. The summed E-state index contributed by atoms with van der Waals surface area (Å²) in [6.45, 7) is 9.67. The molecule has 0 aliphatic heterocycles. The Balaban J connectivity index is 1.29. The van der Waals surface area contributed by atoms with E-state index in [4.69, 9.17) is 0 Å². The van der Waals surface area contributed by atoms with Gasteiger partial charge >= 0.3 is 0 Å². The van der Waals surface area contributed by atoms with E-state index in [2.05, 4.69) is 219 Å². The van der Waals surface area contributed by atoms with Crippen molar-refractivity contribution in [2.45, 2.75) is 51.4 Å². The van der Waals surface area contributed by atoms with Gasteiger partial charge in [0.2, 0.25) is 0 Å². The average Bonchev–Trinajstić information content (AvgIpc) is 3.18. The number of para-hydroxylation sites is 2. The third-order valence-electron chi connectivity index (χ3n) is 10.8. The first kappa shape index (κ1) is 33.3. The van der Waals surface area contributed by atoms with Crippen molar-refractivity contribution in [1.29, 1.82) is 0 Å². The standard InChI is InChI=1S/C50H46N2/c1-49(2)32-33-50(3,4)48-46(49)30-17-31-47(48)52(44-28-14-20-38(34-44)37-18-8-5-9-19-37)45-29-16-22-40(36-45)39-21-15-27-43(35-39)51(41-23-10-6-11-24-41)42-25-12-7-13-26-42/h5-31,34-36H,32-33H2,1-4H3. The van der Waals surface area contributed by atoms with Crippen LogP contribution in [0.5, 0.6) is 0 Å². The molecular formula is C50H46N2. The molecule has 7 aromatic carbocycles. The van der Waals surface area contributed by atoms with E-state index in [0.717, 1.165) is 34.9 Å². The third-order valence-corrected chi connectivity index (χ3v) is 10.8. The fraction of sp³-hybridized carbons (Fsp3) is 0.160. The van der Waals surface area contributed by atoms with Gasteiger partial charge in [-0.3, -0.25) is 0 Å². The lowest BCUT2D eigenvalue weighted by molar-refractivity contribution is 0.332. The predicted molar refractivity (Wildman–Crippen MR) is 222 cm³/mol. The van der Waals surface area contributed by atoms with Gasteiger partial charge in [-0.25, -0.2) is 0 Å². The molecule has 8 rings (SSSR count). The highest BCUT2D eigenvalue weighted by Gasteiger charge is 2.39. The molecule has 2 nitrogen and oxygen atoms in total. The van der Waals surface area contributed by atoms with Crippen LogP contribution < -0.4 is 9.80 Å². The zero-order valence-corrected chi connectivity index (χ0v) is 30.6. The molecule has 0 unspecified atom stereocenters. The number of hydrogen-bond acceptors (Lipinski definition) is 2. The maximum atomic E-state index is 2.50. The van der Waals surface area contributed by atoms with E-state index in [9.17, 15) is 0 Å². The number of nitrogens with zero attached hydrogens (tertiary/aromatic N) is 2. The zero-order chi connectivity index (χ0) is 35.7. The molecule has 0 saturated heterocycles. The van der Waals surface area contributed by atoms with Gasteiger partial charge in [-0.05, 0) is 124 Å². The monoisotopic (exact) mass is 674 g/mol. The molecule has 0 fully saturated rings. The van der Waals surface area contributed by atoms with E-state index in [-0.39, 0.29) is 10.8 Å². The van der Waals surface area contributed by atoms with Gasteiger partial charge in [0, 0.05) is 28.4 Å². The van der Waals surface area contributed by atoms with Gasteiger partial charge in [0.05, 0.1) is 5.69 Å². The summed E-state index contributed by atoms with van der Waals surface area (Å²) in [6, 6.07) is 65.9. The van der Waals surface area contributed by atoms with E-state index in [1.807, 2.05) is 0 Å². The van der Waals surface area contributed by atoms with Crippen molar-refractivity contribution in [3.63, 3.8) is 0 Å². The second-order valence-electron chi connectivity index (χ2n) is 15.3. The SMILES string of the molecule is CC1(C)CCC(C)(C)c2c(N(c3cccc(-c4ccccc4)c3)c3cccc(-c4cccc(N(c5ccccc5)c5ccccc5)c4)c3)cccc21. The van der Waals surface area contributed by atoms with Crippen molar-refractivity contribution in [3.05, 3.63) is 193 Å². The second-order valence-corrected chi connectivity index (χ2v) is 15.3. The van der Waals surface area contributed by atoms with E-state index in [1.165, 1.54) is 45.5 Å². The molecule has 2 heteroatoms. The Morgan fingerprint density at radius 1 is 0.346 bits per heavy atom. The van der Waals surface area contributed by atoms with Crippen molar-refractivity contribution < 1.29 is 0 Å². The molecule has 0 spiro atoms. The Kier molecular flexibility index (Phi) is 8.77. The fourth-order valence-corrected chi connectivity index (χ4v) is 8.02. The summed E-state index contributed by atoms with van der Waals surface area (Å²) in [5, 5.41) is 0. The predicted octanol–water partition coefficient (Wildman–Crippen LogP) is 14.3. The Morgan fingerprint density at radius 3 is 1.25 bits per heavy atom. The van der Waals surface area contributed by atoms with Crippen LogP contribution in [0.1, 0.15) is 51.7 Å². The first-order chi connectivity index (χ1) is 25.3. The fourth-order valence-electron chi connectivity index (χ4n) is 8.02. The van der Waals surface area contributed by atoms with Crippen LogP contribution in [0.4, 0.5) is 34.1 Å². The van der Waals surface area contributed by atoms with Crippen LogP contribution in [-0.2, 0) is 10.8 Å². The van der Waals surface area contributed by atoms with Gasteiger partial charge in [-0.15, -0.1) is 0 Å². The Hall–Kier alpha value is -5.86. The Bertz CT molecular complexity index is 2270. The maximum Gasteiger partial charge on any atom is 0.0502 e. The van der Waals surface area contributed by atoms with Gasteiger partial charge in [0.1, 0.15) is 0 Å². The Labute approximate surface area is 309 Å². The van der Waals surface area contributed by atoms with E-state index in [1.54, 1.807) is 0 Å². The lowest BCUT2D eigenvalue weighted by Crippen LogP contribution is -2.35. The third kappa shape index (κ3) is 6.42. The van der Waals surface area contributed by atoms with Crippen molar-refractivity contribution in [2.24, 2.45) is 0 Å². The molecule has 1 aliphatic rings. The minimum Gasteiger partial charge on any atom is -0.310 e. The first-order valence-corrected chi connectivity index (χ1v) is 18.5. The molecule has 0 bridgehead atoms. The van der Waals surface area contributed by atoms with Crippen LogP contribution in [0.25, 0.3) is 22.3 Å². The number of hydrogen-bond donors (Lipinski definition) is 0. The van der Waals surface area contributed by atoms with Gasteiger partial charge in [0.25, 0.3) is 0 Å². The highest BCUT2D eigenvalue weighted by molar-refractivity contribution is 5.86. The van der Waals surface area contributed by atoms with E-state index >= 15 is 0 Å². The quantitative estimate of drug-likeness (QED) is 0.158. The maximum absolute atomic E-state index is 2.50. The largest absolute Gasteiger partial charge is 0.310 e. The average molecular weight is 675 g/mol. The molecule has 0 N–H and O–H groups in total. The van der Waals surface area contributed by atoms with E-state index < -0.39 is 0 Å². The molecule has 7 aromatic rings. The van der Waals surface area contributed by atoms with Gasteiger partial charge in [-0.1, -0.05) is 143 Å². The van der Waals surface area contributed by atoms with Gasteiger partial charge in [-0.2, -0.15) is 0 Å². The Morgan fingerprint density at radius 2 is 0.731 bits per heavy atom. The minimum absolute atomic E-state index is 0.0288. The molecule has 0 heterocycles. The summed E-state index contributed by atoms with van der Waals surface area (Å²) < 4.78 is 0. The number of anilines is 6. The molecule has 0 amide bonds. The molecular weight excluding hydrogens is 629 g/mol. The van der Waals surface area contributed by atoms with Crippen LogP contribution in [0, 0.1) is 0 Å². The van der Waals surface area contributed by atoms with Crippen molar-refractivity contribution in [3.8, 4) is 22.3 Å². The highest BCUT2D eigenvalue weighted by Crippen LogP contribution is 2.52. The topological polar surface area (TPSA) is 6.48 Å². The van der Waals surface area contributed by atoms with E-state index in [0.29, 0.717) is 0 Å². The van der Waals surface area contributed by atoms with Crippen LogP contribution in [0.15, 0.2) is 182 Å². The molecule has 0 saturated carbocycles. The first-order valence-electron chi connectivity index (χ1n) is 18.5. The zero-order valence-electron chi connectivity index (χ0n) is 30.6. The van der Waals surface area contributed by atoms with Gasteiger partial charge in [0.15, 0.2) is 0 Å². The smallest absolute Gasteiger partial charge is 0.0502 e. The highest BCUT2D eigenvalue weighted by atomic mass is 15.2. The van der Waals surface area contributed by atoms with Gasteiger partial charge < -0.3 is 9.80 Å². The summed E-state index contributed by atoms with van der Waals surface area (Å²) in [7, 11) is 0. The molecule has 1 aliphatic carbocycles. The summed E-state index contributed by atoms with van der Waals surface area (Å²) in [5.74, 6) is 0. The molecule has 256 valence electrons. The lowest BCUT2D eigenvalue weighted by Gasteiger charge is -2.44. The minimum atomic E-state index is 0.0288. The number of fused-ring (bicyclic) bond motifs is 1. The van der Waals surface area contributed by atoms with Crippen LogP contribution in [0.2, 0.25) is 0 Å². The molecule has 0 radical (unpaired) electrons. The molecule has 52 heavy (non-hydrogen) atoms. The number of rotatable bonds is 8. The van der Waals surface area contributed by atoms with Crippen LogP contribution in [0.3, 0.4) is 0 Å². The molecule has 0 aromatic heterocycles. The number of benzene rings is 7. The summed E-state index contributed by atoms with van der Waals surface area (Å²) in [4.78, 5) is 4.83. The summed E-state index contributed by atoms with van der Waals surface area (Å²) >= 11 is 0.